The second-order valence-corrected chi connectivity index (χ2v) is 8.87. The van der Waals surface area contributed by atoms with Gasteiger partial charge in [-0.2, -0.15) is 0 Å². The van der Waals surface area contributed by atoms with Gasteiger partial charge in [-0.05, 0) is 69.1 Å². The number of nitrogens with one attached hydrogen (secondary N) is 1. The number of carbonyl (C=O) groups is 1. The normalized spacial score (nSPS) is 14.1. The number of alkyl carbamates (subject to hydrolysis) is 1. The maximum Gasteiger partial charge on any atom is 0.407 e. The van der Waals surface area contributed by atoms with Gasteiger partial charge >= 0.3 is 6.09 Å². The number of hydrogen-bond acceptors (Lipinski definition) is 3. The van der Waals surface area contributed by atoms with Crippen molar-refractivity contribution in [3.05, 3.63) is 29.8 Å². The van der Waals surface area contributed by atoms with E-state index in [1.165, 1.54) is 50.5 Å². The van der Waals surface area contributed by atoms with Gasteiger partial charge in [-0.3, -0.25) is 0 Å². The molecule has 2 rings (SSSR count). The highest BCUT2D eigenvalue weighted by atomic mass is 16.6. The lowest BCUT2D eigenvalue weighted by atomic mass is 9.79. The van der Waals surface area contributed by atoms with E-state index in [4.69, 9.17) is 9.84 Å². The Morgan fingerprint density at radius 3 is 2.20 bits per heavy atom. The quantitative estimate of drug-likeness (QED) is 0.479. The largest absolute Gasteiger partial charge is 0.508 e. The average Bonchev–Trinajstić information content (AvgIpc) is 2.74. The first kappa shape index (κ1) is 28.3. The van der Waals surface area contributed by atoms with Gasteiger partial charge < -0.3 is 15.2 Å². The third-order valence-electron chi connectivity index (χ3n) is 5.35. The smallest absolute Gasteiger partial charge is 0.407 e. The molecule has 0 atom stereocenters. The number of aryl methyl sites for hydroxylation is 1. The van der Waals surface area contributed by atoms with Crippen LogP contribution in [0.2, 0.25) is 0 Å². The number of amides is 1. The second-order valence-electron chi connectivity index (χ2n) is 8.87. The van der Waals surface area contributed by atoms with Gasteiger partial charge in [-0.15, -0.1) is 0 Å². The minimum Gasteiger partial charge on any atom is -0.508 e. The molecule has 0 saturated heterocycles. The lowest BCUT2D eigenvalue weighted by Gasteiger charge is -2.36. The van der Waals surface area contributed by atoms with Crippen molar-refractivity contribution in [3.63, 3.8) is 0 Å². The van der Waals surface area contributed by atoms with Crippen LogP contribution < -0.4 is 5.32 Å². The molecule has 1 aliphatic carbocycles. The molecule has 2 N–H and O–H groups in total. The highest BCUT2D eigenvalue weighted by Gasteiger charge is 2.34. The summed E-state index contributed by atoms with van der Waals surface area (Å²) in [5.74, 6) is 1.33. The third-order valence-corrected chi connectivity index (χ3v) is 5.35. The van der Waals surface area contributed by atoms with Crippen molar-refractivity contribution < 1.29 is 14.6 Å². The molecule has 1 aromatic rings. The van der Waals surface area contributed by atoms with E-state index in [2.05, 4.69) is 26.1 Å². The van der Waals surface area contributed by atoms with Crippen molar-refractivity contribution in [2.45, 2.75) is 105 Å². The monoisotopic (exact) mass is 421 g/mol. The summed E-state index contributed by atoms with van der Waals surface area (Å²) in [6.45, 7) is 15.1. The standard InChI is InChI=1S/C14H27NO2.C10H14O.C2H6/c1-11(2)10-15-13(16)17-14(3,4)12-8-6-5-7-9-12;1-2-3-4-9-5-7-10(11)8-6-9;1-2/h11-12H,5-10H2,1-4H3,(H,15,16);5-8,11H,2-4H2,1H3;1-2H3. The zero-order valence-corrected chi connectivity index (χ0v) is 20.6. The molecule has 1 aliphatic rings. The molecule has 0 radical (unpaired) electrons. The van der Waals surface area contributed by atoms with Gasteiger partial charge in [0.2, 0.25) is 0 Å². The summed E-state index contributed by atoms with van der Waals surface area (Å²) >= 11 is 0. The lowest BCUT2D eigenvalue weighted by molar-refractivity contribution is -0.0187. The van der Waals surface area contributed by atoms with Gasteiger partial charge in [0.25, 0.3) is 0 Å². The van der Waals surface area contributed by atoms with E-state index < -0.39 is 0 Å². The SMILES string of the molecule is CC.CC(C)CNC(=O)OC(C)(C)C1CCCCC1.CCCCc1ccc(O)cc1. The van der Waals surface area contributed by atoms with Crippen molar-refractivity contribution >= 4 is 6.09 Å². The van der Waals surface area contributed by atoms with Crippen LogP contribution in [0.25, 0.3) is 0 Å². The number of phenols is 1. The average molecular weight is 422 g/mol. The summed E-state index contributed by atoms with van der Waals surface area (Å²) in [6, 6.07) is 7.44. The van der Waals surface area contributed by atoms with E-state index >= 15 is 0 Å². The van der Waals surface area contributed by atoms with Crippen LogP contribution in [0.3, 0.4) is 0 Å². The molecule has 0 heterocycles. The minimum atomic E-state index is -0.332. The second kappa shape index (κ2) is 16.0. The molecule has 30 heavy (non-hydrogen) atoms. The van der Waals surface area contributed by atoms with Gasteiger partial charge in [-0.25, -0.2) is 4.79 Å². The Morgan fingerprint density at radius 1 is 1.13 bits per heavy atom. The number of carbonyl (C=O) groups excluding carboxylic acids is 1. The van der Waals surface area contributed by atoms with Crippen LogP contribution in [0.1, 0.15) is 99.0 Å². The van der Waals surface area contributed by atoms with Gasteiger partial charge in [-0.1, -0.05) is 72.4 Å². The van der Waals surface area contributed by atoms with Crippen LogP contribution in [0.15, 0.2) is 24.3 Å². The van der Waals surface area contributed by atoms with E-state index in [0.717, 1.165) is 6.42 Å². The molecule has 174 valence electrons. The predicted molar refractivity (Wildman–Crippen MR) is 128 cm³/mol. The fourth-order valence-corrected chi connectivity index (χ4v) is 3.49. The topological polar surface area (TPSA) is 58.6 Å². The Morgan fingerprint density at radius 2 is 1.70 bits per heavy atom. The maximum atomic E-state index is 11.7. The molecule has 4 heteroatoms. The number of benzene rings is 1. The van der Waals surface area contributed by atoms with Crippen molar-refractivity contribution in [3.8, 4) is 5.75 Å². The fourth-order valence-electron chi connectivity index (χ4n) is 3.49. The fraction of sp³-hybridized carbons (Fsp3) is 0.731. The van der Waals surface area contributed by atoms with Crippen LogP contribution in [-0.4, -0.2) is 23.3 Å². The first-order valence-corrected chi connectivity index (χ1v) is 12.0. The van der Waals surface area contributed by atoms with Crippen molar-refractivity contribution in [2.24, 2.45) is 11.8 Å². The molecule has 1 amide bonds. The summed E-state index contributed by atoms with van der Waals surface area (Å²) in [5, 5.41) is 11.8. The van der Waals surface area contributed by atoms with Crippen molar-refractivity contribution in [1.29, 1.82) is 0 Å². The molecule has 4 nitrogen and oxygen atoms in total. The van der Waals surface area contributed by atoms with Crippen LogP contribution >= 0.6 is 0 Å². The minimum absolute atomic E-state index is 0.269. The molecule has 1 fully saturated rings. The summed E-state index contributed by atoms with van der Waals surface area (Å²) < 4.78 is 5.58. The molecule has 1 saturated carbocycles. The Kier molecular flexibility index (Phi) is 15.1. The molecule has 0 bridgehead atoms. The number of rotatable bonds is 7. The Bertz CT molecular complexity index is 546. The van der Waals surface area contributed by atoms with E-state index in [1.54, 1.807) is 12.1 Å². The molecule has 1 aromatic carbocycles. The van der Waals surface area contributed by atoms with Crippen LogP contribution in [0.4, 0.5) is 4.79 Å². The first-order valence-electron chi connectivity index (χ1n) is 12.0. The maximum absolute atomic E-state index is 11.7. The molecule has 0 aromatic heterocycles. The molecular weight excluding hydrogens is 374 g/mol. The van der Waals surface area contributed by atoms with Gasteiger partial charge in [0.1, 0.15) is 11.4 Å². The number of phenolic OH excluding ortho intramolecular Hbond substituents is 1. The van der Waals surface area contributed by atoms with Gasteiger partial charge in [0.15, 0.2) is 0 Å². The molecule has 0 aliphatic heterocycles. The Hall–Kier alpha value is -1.71. The molecule has 0 spiro atoms. The van der Waals surface area contributed by atoms with Crippen LogP contribution in [0, 0.1) is 11.8 Å². The first-order chi connectivity index (χ1) is 14.2. The Balaban J connectivity index is 0.000000557. The van der Waals surface area contributed by atoms with E-state index in [9.17, 15) is 4.79 Å². The lowest BCUT2D eigenvalue weighted by Crippen LogP contribution is -2.41. The predicted octanol–water partition coefficient (Wildman–Crippen LogP) is 7.49. The highest BCUT2D eigenvalue weighted by Crippen LogP contribution is 2.34. The van der Waals surface area contributed by atoms with Gasteiger partial charge in [0.05, 0.1) is 0 Å². The zero-order valence-electron chi connectivity index (χ0n) is 20.6. The van der Waals surface area contributed by atoms with E-state index in [0.29, 0.717) is 24.1 Å². The van der Waals surface area contributed by atoms with Crippen LogP contribution in [0.5, 0.6) is 5.75 Å². The van der Waals surface area contributed by atoms with E-state index in [1.807, 2.05) is 39.8 Å². The molecular formula is C26H47NO3. The summed E-state index contributed by atoms with van der Waals surface area (Å²) in [4.78, 5) is 11.7. The number of hydrogen-bond donors (Lipinski definition) is 2. The number of aromatic hydroxyl groups is 1. The van der Waals surface area contributed by atoms with Crippen molar-refractivity contribution in [2.75, 3.05) is 6.54 Å². The molecule has 0 unspecified atom stereocenters. The van der Waals surface area contributed by atoms with E-state index in [-0.39, 0.29) is 11.7 Å². The zero-order chi connectivity index (χ0) is 23.0. The Labute approximate surface area is 185 Å². The van der Waals surface area contributed by atoms with Gasteiger partial charge in [0, 0.05) is 6.54 Å². The highest BCUT2D eigenvalue weighted by molar-refractivity contribution is 5.67. The number of ether oxygens (including phenoxy) is 1. The van der Waals surface area contributed by atoms with Crippen LogP contribution in [-0.2, 0) is 11.2 Å². The third kappa shape index (κ3) is 12.8. The van der Waals surface area contributed by atoms with Crippen molar-refractivity contribution in [1.82, 2.24) is 5.32 Å². The summed E-state index contributed by atoms with van der Waals surface area (Å²) in [6.07, 6.45) is 9.54. The summed E-state index contributed by atoms with van der Waals surface area (Å²) in [5.41, 5.74) is 0.978. The number of unbranched alkanes of at least 4 members (excludes halogenated alkanes) is 1. The summed E-state index contributed by atoms with van der Waals surface area (Å²) in [7, 11) is 0.